The summed E-state index contributed by atoms with van der Waals surface area (Å²) < 4.78 is 62.7. The highest BCUT2D eigenvalue weighted by Crippen LogP contribution is 2.22. The molecule has 0 unspecified atom stereocenters. The fourth-order valence-corrected chi connectivity index (χ4v) is 3.70. The van der Waals surface area contributed by atoms with Gasteiger partial charge in [0.25, 0.3) is 0 Å². The molecule has 0 aliphatic carbocycles. The first-order valence-corrected chi connectivity index (χ1v) is 10.5. The van der Waals surface area contributed by atoms with Crippen molar-refractivity contribution in [1.29, 1.82) is 0 Å². The summed E-state index contributed by atoms with van der Waals surface area (Å²) in [5, 5.41) is 0. The van der Waals surface area contributed by atoms with Crippen molar-refractivity contribution in [3.05, 3.63) is 99.6 Å². The molecule has 0 spiro atoms. The summed E-state index contributed by atoms with van der Waals surface area (Å²) in [5.74, 6) is -1.77. The molecule has 0 aromatic heterocycles. The lowest BCUT2D eigenvalue weighted by molar-refractivity contribution is 0.414. The van der Waals surface area contributed by atoms with E-state index in [0.717, 1.165) is 17.7 Å². The van der Waals surface area contributed by atoms with Crippen LogP contribution in [0.25, 0.3) is 0 Å². The van der Waals surface area contributed by atoms with Gasteiger partial charge in [-0.05, 0) is 85.2 Å². The lowest BCUT2D eigenvalue weighted by atomic mass is 9.98. The van der Waals surface area contributed by atoms with Crippen LogP contribution in [0.5, 0.6) is 5.75 Å². The van der Waals surface area contributed by atoms with Crippen LogP contribution in [-0.4, -0.2) is 7.11 Å². The van der Waals surface area contributed by atoms with E-state index in [1.165, 1.54) is 24.3 Å². The van der Waals surface area contributed by atoms with Gasteiger partial charge in [-0.3, -0.25) is 0 Å². The van der Waals surface area contributed by atoms with Crippen molar-refractivity contribution in [2.45, 2.75) is 45.4 Å². The monoisotopic (exact) mass is 430 g/mol. The van der Waals surface area contributed by atoms with Gasteiger partial charge in [-0.1, -0.05) is 25.5 Å². The van der Waals surface area contributed by atoms with E-state index in [-0.39, 0.29) is 30.4 Å². The zero-order chi connectivity index (χ0) is 22.4. The number of benzene rings is 3. The van der Waals surface area contributed by atoms with Gasteiger partial charge < -0.3 is 4.74 Å². The largest absolute Gasteiger partial charge is 0.497 e. The second-order valence-electron chi connectivity index (χ2n) is 7.67. The maximum Gasteiger partial charge on any atom is 0.129 e. The van der Waals surface area contributed by atoms with Crippen molar-refractivity contribution in [1.82, 2.24) is 0 Å². The van der Waals surface area contributed by atoms with E-state index in [0.29, 0.717) is 24.0 Å². The van der Waals surface area contributed by atoms with Crippen LogP contribution in [0.2, 0.25) is 0 Å². The fourth-order valence-electron chi connectivity index (χ4n) is 3.70. The zero-order valence-corrected chi connectivity index (χ0v) is 17.8. The molecule has 0 N–H and O–H groups in total. The summed E-state index contributed by atoms with van der Waals surface area (Å²) in [6.07, 6.45) is 2.27. The zero-order valence-electron chi connectivity index (χ0n) is 17.8. The molecule has 0 aliphatic heterocycles. The maximum atomic E-state index is 14.5. The molecular weight excluding hydrogens is 404 g/mol. The number of ether oxygens (including phenoxy) is 1. The molecule has 0 saturated heterocycles. The first-order valence-electron chi connectivity index (χ1n) is 10.5. The number of hydrogen-bond acceptors (Lipinski definition) is 1. The predicted octanol–water partition coefficient (Wildman–Crippen LogP) is 6.77. The number of halogens is 4. The summed E-state index contributed by atoms with van der Waals surface area (Å²) in [4.78, 5) is 0. The van der Waals surface area contributed by atoms with Gasteiger partial charge in [0, 0.05) is 11.1 Å². The van der Waals surface area contributed by atoms with Crippen molar-refractivity contribution in [2.24, 2.45) is 0 Å². The molecule has 31 heavy (non-hydrogen) atoms. The first-order chi connectivity index (χ1) is 14.9. The van der Waals surface area contributed by atoms with Crippen molar-refractivity contribution in [3.8, 4) is 5.75 Å². The van der Waals surface area contributed by atoms with E-state index in [9.17, 15) is 17.6 Å². The summed E-state index contributed by atoms with van der Waals surface area (Å²) >= 11 is 0. The average Bonchev–Trinajstić information content (AvgIpc) is 2.73. The molecule has 0 aliphatic rings. The average molecular weight is 430 g/mol. The predicted molar refractivity (Wildman–Crippen MR) is 115 cm³/mol. The van der Waals surface area contributed by atoms with Gasteiger partial charge in [-0.2, -0.15) is 0 Å². The van der Waals surface area contributed by atoms with Crippen LogP contribution in [0, 0.1) is 23.3 Å². The highest BCUT2D eigenvalue weighted by Gasteiger charge is 2.15. The topological polar surface area (TPSA) is 9.23 Å². The van der Waals surface area contributed by atoms with Crippen LogP contribution in [0.3, 0.4) is 0 Å². The Morgan fingerprint density at radius 1 is 0.581 bits per heavy atom. The molecule has 0 heterocycles. The van der Waals surface area contributed by atoms with Crippen LogP contribution < -0.4 is 4.74 Å². The third-order valence-electron chi connectivity index (χ3n) is 5.43. The first kappa shape index (κ1) is 22.9. The summed E-state index contributed by atoms with van der Waals surface area (Å²) in [7, 11) is 1.57. The molecule has 0 saturated carbocycles. The molecule has 164 valence electrons. The quantitative estimate of drug-likeness (QED) is 0.340. The number of hydrogen-bond donors (Lipinski definition) is 0. The third kappa shape index (κ3) is 5.87. The molecule has 3 aromatic rings. The molecule has 3 aromatic carbocycles. The molecule has 0 bridgehead atoms. The molecular formula is C26H26F4O. The van der Waals surface area contributed by atoms with E-state index < -0.39 is 23.3 Å². The molecule has 0 atom stereocenters. The van der Waals surface area contributed by atoms with Gasteiger partial charge in [-0.25, -0.2) is 17.6 Å². The summed E-state index contributed by atoms with van der Waals surface area (Å²) in [6, 6.07) is 12.5. The smallest absolute Gasteiger partial charge is 0.129 e. The van der Waals surface area contributed by atoms with Gasteiger partial charge in [0.1, 0.15) is 29.0 Å². The molecule has 3 rings (SSSR count). The van der Waals surface area contributed by atoms with Gasteiger partial charge >= 0.3 is 0 Å². The molecule has 1 nitrogen and oxygen atoms in total. The second-order valence-corrected chi connectivity index (χ2v) is 7.67. The van der Waals surface area contributed by atoms with Crippen molar-refractivity contribution >= 4 is 0 Å². The van der Waals surface area contributed by atoms with E-state index in [1.54, 1.807) is 19.2 Å². The van der Waals surface area contributed by atoms with Crippen molar-refractivity contribution in [2.75, 3.05) is 7.11 Å². The molecule has 0 amide bonds. The SMILES string of the molecule is CCCc1cc(F)c(CCc2cc(F)c(CCc3ccc(OC)cc3)c(F)c2)c(F)c1. The van der Waals surface area contributed by atoms with Crippen LogP contribution in [0.1, 0.15) is 41.2 Å². The number of methoxy groups -OCH3 is 1. The number of aryl methyl sites for hydroxylation is 3. The van der Waals surface area contributed by atoms with Gasteiger partial charge in [0.05, 0.1) is 7.11 Å². The Hall–Kier alpha value is -2.82. The van der Waals surface area contributed by atoms with E-state index in [2.05, 4.69) is 0 Å². The van der Waals surface area contributed by atoms with Crippen LogP contribution in [0.15, 0.2) is 48.5 Å². The molecule has 0 radical (unpaired) electrons. The van der Waals surface area contributed by atoms with Gasteiger partial charge in [-0.15, -0.1) is 0 Å². The summed E-state index contributed by atoms with van der Waals surface area (Å²) in [5.41, 5.74) is 1.89. The van der Waals surface area contributed by atoms with Gasteiger partial charge in [0.2, 0.25) is 0 Å². The second kappa shape index (κ2) is 10.5. The molecule has 5 heteroatoms. The lowest BCUT2D eigenvalue weighted by Crippen LogP contribution is -2.04. The minimum Gasteiger partial charge on any atom is -0.497 e. The maximum absolute atomic E-state index is 14.5. The van der Waals surface area contributed by atoms with Crippen molar-refractivity contribution < 1.29 is 22.3 Å². The Labute approximate surface area is 180 Å². The standard InChI is InChI=1S/C26H26F4O/c1-3-4-18-13-23(27)22(24(28)14-18)12-8-19-15-25(29)21(26(30)16-19)11-7-17-5-9-20(31-2)10-6-17/h5-6,9-10,13-16H,3-4,7-8,11-12H2,1-2H3. The van der Waals surface area contributed by atoms with E-state index >= 15 is 0 Å². The summed E-state index contributed by atoms with van der Waals surface area (Å²) in [6.45, 7) is 1.94. The van der Waals surface area contributed by atoms with Crippen molar-refractivity contribution in [3.63, 3.8) is 0 Å². The minimum atomic E-state index is -0.636. The Morgan fingerprint density at radius 2 is 1.00 bits per heavy atom. The Balaban J connectivity index is 1.67. The highest BCUT2D eigenvalue weighted by molar-refractivity contribution is 5.32. The number of rotatable bonds is 9. The van der Waals surface area contributed by atoms with Crippen LogP contribution in [-0.2, 0) is 32.1 Å². The van der Waals surface area contributed by atoms with Gasteiger partial charge in [0.15, 0.2) is 0 Å². The fraction of sp³-hybridized carbons (Fsp3) is 0.308. The van der Waals surface area contributed by atoms with E-state index in [4.69, 9.17) is 4.74 Å². The Bertz CT molecular complexity index is 982. The highest BCUT2D eigenvalue weighted by atomic mass is 19.1. The van der Waals surface area contributed by atoms with E-state index in [1.807, 2.05) is 19.1 Å². The molecule has 0 fully saturated rings. The lowest BCUT2D eigenvalue weighted by Gasteiger charge is -2.11. The Kier molecular flexibility index (Phi) is 7.72. The third-order valence-corrected chi connectivity index (χ3v) is 5.43. The van der Waals surface area contributed by atoms with Crippen LogP contribution >= 0.6 is 0 Å². The van der Waals surface area contributed by atoms with Crippen LogP contribution in [0.4, 0.5) is 17.6 Å². The minimum absolute atomic E-state index is 0.0147. The Morgan fingerprint density at radius 3 is 1.42 bits per heavy atom. The normalized spacial score (nSPS) is 11.0.